The van der Waals surface area contributed by atoms with E-state index in [-0.39, 0.29) is 0 Å². The zero-order valence-corrected chi connectivity index (χ0v) is 6.90. The van der Waals surface area contributed by atoms with E-state index in [1.165, 1.54) is 0 Å². The van der Waals surface area contributed by atoms with Crippen LogP contribution in [0.25, 0.3) is 0 Å². The summed E-state index contributed by atoms with van der Waals surface area (Å²) in [6.45, 7) is -2.22. The second kappa shape index (κ2) is 2.19. The molecule has 0 N–H and O–H groups in total. The molecular weight excluding hydrogens is 236 g/mol. The fraction of sp³-hybridized carbons (Fsp3) is 0.250. The zero-order chi connectivity index (χ0) is 8.65. The summed E-state index contributed by atoms with van der Waals surface area (Å²) in [5, 5.41) is 3.71. The summed E-state index contributed by atoms with van der Waals surface area (Å²) in [6, 6.07) is 1.58. The van der Waals surface area contributed by atoms with Crippen LogP contribution in [0.5, 0.6) is 0 Å². The lowest BCUT2D eigenvalue weighted by Crippen LogP contribution is -1.88. The van der Waals surface area contributed by atoms with E-state index in [1.54, 1.807) is 6.07 Å². The predicted octanol–water partition coefficient (Wildman–Crippen LogP) is 1.95. The van der Waals surface area contributed by atoms with Crippen molar-refractivity contribution in [2.24, 2.45) is 6.98 Å². The SMILES string of the molecule is [2H]C([2H])([2H])n1nc(Br)cc1Br. The molecule has 44 valence electrons. The van der Waals surface area contributed by atoms with E-state index in [0.29, 0.717) is 9.21 Å². The molecule has 1 heterocycles. The number of aromatic nitrogens is 2. The molecule has 1 aromatic heterocycles. The van der Waals surface area contributed by atoms with Crippen molar-refractivity contribution in [2.75, 3.05) is 0 Å². The van der Waals surface area contributed by atoms with Gasteiger partial charge < -0.3 is 0 Å². The quantitative estimate of drug-likeness (QED) is 0.680. The van der Waals surface area contributed by atoms with Crippen molar-refractivity contribution in [1.82, 2.24) is 9.78 Å². The smallest absolute Gasteiger partial charge is 0.129 e. The lowest BCUT2D eigenvalue weighted by molar-refractivity contribution is 0.743. The molecule has 0 spiro atoms. The van der Waals surface area contributed by atoms with Crippen LogP contribution >= 0.6 is 31.9 Å². The summed E-state index contributed by atoms with van der Waals surface area (Å²) in [5.74, 6) is 0. The molecule has 0 saturated heterocycles. The molecule has 0 aliphatic heterocycles. The topological polar surface area (TPSA) is 17.8 Å². The van der Waals surface area contributed by atoms with E-state index in [9.17, 15) is 0 Å². The van der Waals surface area contributed by atoms with Crippen LogP contribution in [0.15, 0.2) is 15.3 Å². The van der Waals surface area contributed by atoms with E-state index in [0.717, 1.165) is 4.68 Å². The van der Waals surface area contributed by atoms with Gasteiger partial charge in [-0.2, -0.15) is 5.10 Å². The Bertz CT molecular complexity index is 267. The van der Waals surface area contributed by atoms with Crippen molar-refractivity contribution in [1.29, 1.82) is 0 Å². The van der Waals surface area contributed by atoms with Gasteiger partial charge in [0.05, 0.1) is 0 Å². The Labute approximate surface area is 68.4 Å². The Morgan fingerprint density at radius 2 is 2.62 bits per heavy atom. The van der Waals surface area contributed by atoms with Gasteiger partial charge in [0.25, 0.3) is 0 Å². The molecule has 0 fully saturated rings. The first-order chi connectivity index (χ1) is 4.91. The van der Waals surface area contributed by atoms with Crippen LogP contribution in [-0.2, 0) is 6.98 Å². The maximum Gasteiger partial charge on any atom is 0.129 e. The van der Waals surface area contributed by atoms with Crippen LogP contribution < -0.4 is 0 Å². The average Bonchev–Trinajstić information content (AvgIpc) is 2.08. The molecule has 2 nitrogen and oxygen atoms in total. The number of hydrogen-bond acceptors (Lipinski definition) is 1. The van der Waals surface area contributed by atoms with Gasteiger partial charge in [0.2, 0.25) is 0 Å². The van der Waals surface area contributed by atoms with Gasteiger partial charge in [-0.1, -0.05) is 0 Å². The molecule has 0 radical (unpaired) electrons. The first kappa shape index (κ1) is 3.37. The van der Waals surface area contributed by atoms with Crippen molar-refractivity contribution in [3.63, 3.8) is 0 Å². The normalized spacial score (nSPS) is 17.0. The Balaban J connectivity index is 3.13. The van der Waals surface area contributed by atoms with Crippen molar-refractivity contribution in [3.8, 4) is 0 Å². The molecule has 0 atom stereocenters. The van der Waals surface area contributed by atoms with Crippen molar-refractivity contribution in [3.05, 3.63) is 15.3 Å². The highest BCUT2D eigenvalue weighted by molar-refractivity contribution is 9.11. The maximum atomic E-state index is 7.01. The molecule has 4 heteroatoms. The molecule has 0 aliphatic carbocycles. The highest BCUT2D eigenvalue weighted by atomic mass is 79.9. The Morgan fingerprint density at radius 3 is 2.88 bits per heavy atom. The second-order valence-corrected chi connectivity index (χ2v) is 2.83. The number of hydrogen-bond donors (Lipinski definition) is 0. The third-order valence-electron chi connectivity index (χ3n) is 0.636. The fourth-order valence-electron chi connectivity index (χ4n) is 0.332. The number of aryl methyl sites for hydroxylation is 1. The van der Waals surface area contributed by atoms with Gasteiger partial charge in [-0.05, 0) is 31.9 Å². The van der Waals surface area contributed by atoms with Gasteiger partial charge in [0.1, 0.15) is 9.21 Å². The minimum absolute atomic E-state index is 0.435. The predicted molar refractivity (Wildman–Crippen MR) is 38.6 cm³/mol. The van der Waals surface area contributed by atoms with E-state index >= 15 is 0 Å². The lowest BCUT2D eigenvalue weighted by atomic mass is 10.8. The van der Waals surface area contributed by atoms with Gasteiger partial charge in [0, 0.05) is 17.2 Å². The second-order valence-electron chi connectivity index (χ2n) is 1.20. The molecule has 0 amide bonds. The summed E-state index contributed by atoms with van der Waals surface area (Å²) >= 11 is 6.13. The molecule has 0 unspecified atom stereocenters. The molecule has 8 heavy (non-hydrogen) atoms. The molecule has 0 saturated carbocycles. The fourth-order valence-corrected chi connectivity index (χ4v) is 1.31. The standard InChI is InChI=1S/C4H4Br2N2/c1-8-4(6)2-3(5)7-8/h2H,1H3/i1D3. The van der Waals surface area contributed by atoms with E-state index in [2.05, 4.69) is 37.0 Å². The Hall–Kier alpha value is 0.170. The summed E-state index contributed by atoms with van der Waals surface area (Å²) in [6.07, 6.45) is 0. The monoisotopic (exact) mass is 241 g/mol. The minimum Gasteiger partial charge on any atom is -0.260 e. The van der Waals surface area contributed by atoms with Crippen LogP contribution in [-0.4, -0.2) is 9.78 Å². The molecule has 0 aromatic carbocycles. The summed E-state index contributed by atoms with van der Waals surface area (Å²) < 4.78 is 22.9. The first-order valence-corrected chi connectivity index (χ1v) is 3.41. The molecule has 0 aliphatic rings. The van der Waals surface area contributed by atoms with E-state index in [1.807, 2.05) is 0 Å². The number of rotatable bonds is 0. The minimum atomic E-state index is -2.22. The third-order valence-corrected chi connectivity index (χ3v) is 1.59. The third kappa shape index (κ3) is 1.11. The van der Waals surface area contributed by atoms with Crippen LogP contribution in [0.3, 0.4) is 0 Å². The van der Waals surface area contributed by atoms with Crippen molar-refractivity contribution in [2.45, 2.75) is 0 Å². The van der Waals surface area contributed by atoms with Gasteiger partial charge in [-0.3, -0.25) is 4.68 Å². The van der Waals surface area contributed by atoms with Gasteiger partial charge >= 0.3 is 0 Å². The largest absolute Gasteiger partial charge is 0.260 e. The number of nitrogens with zero attached hydrogens (tertiary/aromatic N) is 2. The van der Waals surface area contributed by atoms with Crippen LogP contribution in [0.1, 0.15) is 4.11 Å². The van der Waals surface area contributed by atoms with Crippen LogP contribution in [0, 0.1) is 0 Å². The highest BCUT2D eigenvalue weighted by Gasteiger charge is 1.95. The van der Waals surface area contributed by atoms with E-state index in [4.69, 9.17) is 4.11 Å². The molecule has 0 bridgehead atoms. The van der Waals surface area contributed by atoms with Gasteiger partial charge in [-0.15, -0.1) is 0 Å². The van der Waals surface area contributed by atoms with Crippen molar-refractivity contribution < 1.29 is 4.11 Å². The summed E-state index contributed by atoms with van der Waals surface area (Å²) in [4.78, 5) is 0. The van der Waals surface area contributed by atoms with Gasteiger partial charge in [-0.25, -0.2) is 0 Å². The summed E-state index contributed by atoms with van der Waals surface area (Å²) in [7, 11) is 0. The maximum absolute atomic E-state index is 7.01. The van der Waals surface area contributed by atoms with Crippen LogP contribution in [0.2, 0.25) is 0 Å². The van der Waals surface area contributed by atoms with Crippen LogP contribution in [0.4, 0.5) is 0 Å². The highest BCUT2D eigenvalue weighted by Crippen LogP contribution is 2.13. The Kier molecular flexibility index (Phi) is 0.921. The first-order valence-electron chi connectivity index (χ1n) is 3.33. The van der Waals surface area contributed by atoms with Crippen molar-refractivity contribution >= 4 is 31.9 Å². The van der Waals surface area contributed by atoms with E-state index < -0.39 is 6.98 Å². The molecule has 1 rings (SSSR count). The molecule has 1 aromatic rings. The Morgan fingerprint density at radius 1 is 1.88 bits per heavy atom. The number of halogens is 2. The summed E-state index contributed by atoms with van der Waals surface area (Å²) in [5.41, 5.74) is 0. The van der Waals surface area contributed by atoms with Gasteiger partial charge in [0.15, 0.2) is 0 Å². The average molecular weight is 243 g/mol. The zero-order valence-electron chi connectivity index (χ0n) is 6.73. The molecular formula is C4H4Br2N2. The lowest BCUT2D eigenvalue weighted by Gasteiger charge is -1.85.